The number of carboxylic acids is 3. The molecule has 0 saturated carbocycles. The second kappa shape index (κ2) is 19.7. The number of nitrogens with one attached hydrogen (secondary N) is 3. The van der Waals surface area contributed by atoms with Gasteiger partial charge in [0, 0.05) is 6.54 Å². The first-order chi connectivity index (χ1) is 27.1. The zero-order valence-electron chi connectivity index (χ0n) is 31.7. The normalized spacial score (nSPS) is 20.9. The van der Waals surface area contributed by atoms with Gasteiger partial charge in [-0.15, -0.1) is 0 Å². The molecule has 0 spiro atoms. The first-order valence-electron chi connectivity index (χ1n) is 19.8. The second-order valence-electron chi connectivity index (χ2n) is 15.5. The molecule has 0 bridgehead atoms. The van der Waals surface area contributed by atoms with Gasteiger partial charge < -0.3 is 45.6 Å². The number of rotatable bonds is 19. The number of amides is 1. The largest absolute Gasteiger partial charge is 0.492 e. The lowest BCUT2D eigenvalue weighted by Gasteiger charge is -2.24. The molecular weight excluding hydrogens is 716 g/mol. The minimum absolute atomic E-state index is 0.0226. The molecule has 6 N–H and O–H groups in total. The molecule has 3 aliphatic rings. The Morgan fingerprint density at radius 3 is 1.50 bits per heavy atom. The minimum Gasteiger partial charge on any atom is -0.492 e. The molecule has 1 amide bonds. The fourth-order valence-corrected chi connectivity index (χ4v) is 8.44. The van der Waals surface area contributed by atoms with Crippen molar-refractivity contribution in [2.24, 2.45) is 35.5 Å². The Morgan fingerprint density at radius 2 is 1.04 bits per heavy atom. The third-order valence-corrected chi connectivity index (χ3v) is 11.6. The Balaban J connectivity index is 1.15. The summed E-state index contributed by atoms with van der Waals surface area (Å²) in [6.45, 7) is 4.88. The van der Waals surface area contributed by atoms with Crippen LogP contribution >= 0.6 is 0 Å². The summed E-state index contributed by atoms with van der Waals surface area (Å²) in [5.74, 6) is -3.07. The Kier molecular flexibility index (Phi) is 14.3. The van der Waals surface area contributed by atoms with Crippen LogP contribution in [0, 0.1) is 35.5 Å². The van der Waals surface area contributed by atoms with E-state index in [1.54, 1.807) is 24.3 Å². The van der Waals surface area contributed by atoms with Crippen molar-refractivity contribution in [3.63, 3.8) is 0 Å². The first-order valence-corrected chi connectivity index (χ1v) is 19.8. The van der Waals surface area contributed by atoms with Gasteiger partial charge in [0.05, 0.1) is 24.3 Å². The SMILES string of the molecule is O=C(O)[C@@H](Cc1cccc(CN(CCOc2cccc(C[C@H](C(=O)O)[C@H]3CCNC3)c2)C(=O)Oc2cccc(C[C@H](C(=O)O)[C@H]3CCNC3)c2)c1)[C@H]1CCNC1. The van der Waals surface area contributed by atoms with Gasteiger partial charge >= 0.3 is 24.0 Å². The van der Waals surface area contributed by atoms with Gasteiger partial charge in [-0.2, -0.15) is 0 Å². The minimum atomic E-state index is -0.845. The van der Waals surface area contributed by atoms with E-state index in [4.69, 9.17) is 9.47 Å². The van der Waals surface area contributed by atoms with Gasteiger partial charge in [-0.05, 0) is 142 Å². The van der Waals surface area contributed by atoms with Gasteiger partial charge in [0.25, 0.3) is 0 Å². The highest BCUT2D eigenvalue weighted by atomic mass is 16.6. The van der Waals surface area contributed by atoms with Crippen LogP contribution in [-0.2, 0) is 40.2 Å². The number of benzene rings is 3. The number of carbonyl (C=O) groups excluding carboxylic acids is 1. The molecule has 3 saturated heterocycles. The maximum Gasteiger partial charge on any atom is 0.415 e. The van der Waals surface area contributed by atoms with Crippen LogP contribution in [0.15, 0.2) is 72.8 Å². The highest BCUT2D eigenvalue weighted by Crippen LogP contribution is 2.28. The average Bonchev–Trinajstić information content (AvgIpc) is 4.00. The molecule has 0 radical (unpaired) electrons. The van der Waals surface area contributed by atoms with Crippen molar-refractivity contribution in [1.29, 1.82) is 0 Å². The molecule has 300 valence electrons. The number of nitrogens with zero attached hydrogens (tertiary/aromatic N) is 1. The molecule has 0 aliphatic carbocycles. The van der Waals surface area contributed by atoms with E-state index in [0.29, 0.717) is 50.4 Å². The molecule has 3 aromatic rings. The van der Waals surface area contributed by atoms with Crippen molar-refractivity contribution >= 4 is 24.0 Å². The number of carbonyl (C=O) groups is 4. The number of hydrogen-bond donors (Lipinski definition) is 6. The molecule has 3 aliphatic heterocycles. The fourth-order valence-electron chi connectivity index (χ4n) is 8.44. The van der Waals surface area contributed by atoms with E-state index < -0.39 is 41.8 Å². The van der Waals surface area contributed by atoms with Crippen molar-refractivity contribution in [2.45, 2.75) is 45.1 Å². The second-order valence-corrected chi connectivity index (χ2v) is 15.5. The fraction of sp³-hybridized carbons (Fsp3) is 0.488. The topological polar surface area (TPSA) is 187 Å². The van der Waals surface area contributed by atoms with Crippen LogP contribution in [0.4, 0.5) is 4.79 Å². The molecule has 56 heavy (non-hydrogen) atoms. The van der Waals surface area contributed by atoms with E-state index in [-0.39, 0.29) is 37.5 Å². The summed E-state index contributed by atoms with van der Waals surface area (Å²) in [5, 5.41) is 39.7. The van der Waals surface area contributed by atoms with Gasteiger partial charge in [-0.3, -0.25) is 14.4 Å². The lowest BCUT2D eigenvalue weighted by Crippen LogP contribution is -2.36. The van der Waals surface area contributed by atoms with E-state index in [0.717, 1.165) is 61.2 Å². The zero-order valence-corrected chi connectivity index (χ0v) is 31.7. The number of aliphatic carboxylic acids is 3. The highest BCUT2D eigenvalue weighted by molar-refractivity contribution is 5.73. The summed E-state index contributed by atoms with van der Waals surface area (Å²) in [6.07, 6.45) is 2.89. The van der Waals surface area contributed by atoms with Crippen LogP contribution in [0.1, 0.15) is 41.5 Å². The monoisotopic (exact) mass is 770 g/mol. The number of ether oxygens (including phenoxy) is 2. The van der Waals surface area contributed by atoms with Crippen LogP contribution in [-0.4, -0.2) is 96.6 Å². The van der Waals surface area contributed by atoms with E-state index in [1.165, 1.54) is 4.90 Å². The third-order valence-electron chi connectivity index (χ3n) is 11.6. The zero-order chi connectivity index (χ0) is 39.4. The van der Waals surface area contributed by atoms with Gasteiger partial charge in [0.1, 0.15) is 18.1 Å². The van der Waals surface area contributed by atoms with Crippen LogP contribution in [0.5, 0.6) is 11.5 Å². The van der Waals surface area contributed by atoms with E-state index in [2.05, 4.69) is 16.0 Å². The Bertz CT molecular complexity index is 1800. The maximum atomic E-state index is 13.9. The summed E-state index contributed by atoms with van der Waals surface area (Å²) in [5.41, 5.74) is 3.29. The Labute approximate surface area is 327 Å². The van der Waals surface area contributed by atoms with E-state index in [1.807, 2.05) is 48.5 Å². The Hall–Kier alpha value is -4.98. The van der Waals surface area contributed by atoms with E-state index in [9.17, 15) is 34.5 Å². The first kappa shape index (κ1) is 40.7. The molecule has 6 atom stereocenters. The van der Waals surface area contributed by atoms with Gasteiger partial charge in [-0.25, -0.2) is 4.79 Å². The summed E-state index contributed by atoms with van der Waals surface area (Å²) < 4.78 is 12.0. The third kappa shape index (κ3) is 11.3. The average molecular weight is 771 g/mol. The van der Waals surface area contributed by atoms with Crippen LogP contribution in [0.3, 0.4) is 0 Å². The molecule has 13 nitrogen and oxygen atoms in total. The lowest BCUT2D eigenvalue weighted by molar-refractivity contribution is -0.144. The molecule has 3 aromatic carbocycles. The van der Waals surface area contributed by atoms with Crippen molar-refractivity contribution in [3.8, 4) is 11.5 Å². The van der Waals surface area contributed by atoms with Crippen molar-refractivity contribution in [2.75, 3.05) is 52.4 Å². The molecular formula is C43H54N4O9. The van der Waals surface area contributed by atoms with Gasteiger partial charge in [-0.1, -0.05) is 48.5 Å². The molecule has 0 aromatic heterocycles. The number of carboxylic acid groups (broad SMARTS) is 3. The molecule has 6 rings (SSSR count). The Morgan fingerprint density at radius 1 is 0.607 bits per heavy atom. The van der Waals surface area contributed by atoms with Crippen molar-refractivity contribution in [3.05, 3.63) is 95.1 Å². The predicted molar refractivity (Wildman–Crippen MR) is 209 cm³/mol. The smallest absolute Gasteiger partial charge is 0.415 e. The van der Waals surface area contributed by atoms with Gasteiger partial charge in [0.15, 0.2) is 0 Å². The summed E-state index contributed by atoms with van der Waals surface area (Å²) >= 11 is 0. The quantitative estimate of drug-likeness (QED) is 0.102. The highest BCUT2D eigenvalue weighted by Gasteiger charge is 2.33. The molecule has 3 fully saturated rings. The standard InChI is InChI=1S/C43H54N4O9/c48-40(49)37(32-10-13-44-24-32)21-28-4-1-7-31(18-28)27-47(16-17-55-35-8-2-5-29(19-35)22-38(41(50)51)33-11-14-45-25-33)43(54)56-36-9-3-6-30(20-36)23-39(42(52)53)34-12-15-46-26-34/h1-9,18-20,32-34,37-39,44-46H,10-17,21-27H2,(H,48,49)(H,50,51)(H,52,53)/t32-,33-,34-,37-,38-,39-/m0/s1. The molecule has 3 heterocycles. The van der Waals surface area contributed by atoms with Crippen molar-refractivity contribution < 1.29 is 44.0 Å². The van der Waals surface area contributed by atoms with Crippen LogP contribution in [0.25, 0.3) is 0 Å². The lowest BCUT2D eigenvalue weighted by atomic mass is 9.86. The van der Waals surface area contributed by atoms with Crippen LogP contribution in [0.2, 0.25) is 0 Å². The number of hydrogen-bond acceptors (Lipinski definition) is 9. The molecule has 0 unspecified atom stereocenters. The van der Waals surface area contributed by atoms with E-state index >= 15 is 0 Å². The van der Waals surface area contributed by atoms with Crippen LogP contribution < -0.4 is 25.4 Å². The maximum absolute atomic E-state index is 13.9. The summed E-state index contributed by atoms with van der Waals surface area (Å²) in [4.78, 5) is 51.9. The van der Waals surface area contributed by atoms with Crippen molar-refractivity contribution in [1.82, 2.24) is 20.9 Å². The van der Waals surface area contributed by atoms with Gasteiger partial charge in [0.2, 0.25) is 0 Å². The molecule has 13 heteroatoms. The predicted octanol–water partition coefficient (Wildman–Crippen LogP) is 4.33. The summed E-state index contributed by atoms with van der Waals surface area (Å²) in [7, 11) is 0. The summed E-state index contributed by atoms with van der Waals surface area (Å²) in [6, 6.07) is 22.0.